The SMILES string of the molecule is O=C(NC(c1ccccc1)c1cccc(OCCc2ccccc2)c1)O[C@H]1CN2CCC1CC2. The van der Waals surface area contributed by atoms with Gasteiger partial charge in [-0.1, -0.05) is 72.8 Å². The minimum absolute atomic E-state index is 0.0217. The van der Waals surface area contributed by atoms with Crippen LogP contribution in [0.25, 0.3) is 0 Å². The number of piperidine rings is 3. The van der Waals surface area contributed by atoms with Gasteiger partial charge in [-0.2, -0.15) is 0 Å². The van der Waals surface area contributed by atoms with Crippen LogP contribution in [0.1, 0.15) is 35.6 Å². The molecule has 3 aliphatic heterocycles. The molecule has 5 heteroatoms. The maximum Gasteiger partial charge on any atom is 0.408 e. The molecule has 3 saturated heterocycles. The van der Waals surface area contributed by atoms with Gasteiger partial charge in [-0.3, -0.25) is 4.90 Å². The summed E-state index contributed by atoms with van der Waals surface area (Å²) in [7, 11) is 0. The summed E-state index contributed by atoms with van der Waals surface area (Å²) in [6, 6.07) is 28.0. The fourth-order valence-electron chi connectivity index (χ4n) is 5.05. The highest BCUT2D eigenvalue weighted by Crippen LogP contribution is 2.30. The third-order valence-electron chi connectivity index (χ3n) is 6.94. The molecule has 34 heavy (non-hydrogen) atoms. The van der Waals surface area contributed by atoms with Crippen LogP contribution in [0.15, 0.2) is 84.9 Å². The standard InChI is InChI=1S/C29H32N2O3/c32-29(34-27-21-31-17-14-23(27)15-18-31)30-28(24-10-5-2-6-11-24)25-12-7-13-26(20-25)33-19-16-22-8-3-1-4-9-22/h1-13,20,23,27-28H,14-19,21H2,(H,30,32)/t27-,28?/m0/s1. The summed E-state index contributed by atoms with van der Waals surface area (Å²) in [6.07, 6.45) is 2.69. The molecule has 3 heterocycles. The number of carbonyl (C=O) groups is 1. The first-order valence-corrected chi connectivity index (χ1v) is 12.3. The van der Waals surface area contributed by atoms with Crippen molar-refractivity contribution in [3.8, 4) is 5.75 Å². The molecule has 1 N–H and O–H groups in total. The quantitative estimate of drug-likeness (QED) is 0.505. The van der Waals surface area contributed by atoms with Crippen LogP contribution >= 0.6 is 0 Å². The van der Waals surface area contributed by atoms with Crippen molar-refractivity contribution >= 4 is 6.09 Å². The van der Waals surface area contributed by atoms with Gasteiger partial charge in [0.2, 0.25) is 0 Å². The van der Waals surface area contributed by atoms with Crippen molar-refractivity contribution < 1.29 is 14.3 Å². The number of benzene rings is 3. The molecule has 6 rings (SSSR count). The number of ether oxygens (including phenoxy) is 2. The second-order valence-corrected chi connectivity index (χ2v) is 9.23. The zero-order chi connectivity index (χ0) is 23.2. The Morgan fingerprint density at radius 3 is 2.32 bits per heavy atom. The van der Waals surface area contributed by atoms with E-state index in [-0.39, 0.29) is 18.2 Å². The number of amides is 1. The summed E-state index contributed by atoms with van der Waals surface area (Å²) in [4.78, 5) is 15.4. The second kappa shape index (κ2) is 10.7. The van der Waals surface area contributed by atoms with Crippen LogP contribution in [0, 0.1) is 5.92 Å². The molecule has 1 unspecified atom stereocenters. The predicted octanol–water partition coefficient (Wildman–Crippen LogP) is 5.22. The zero-order valence-electron chi connectivity index (χ0n) is 19.4. The van der Waals surface area contributed by atoms with Gasteiger partial charge >= 0.3 is 6.09 Å². The molecule has 0 spiro atoms. The van der Waals surface area contributed by atoms with E-state index in [2.05, 4.69) is 22.3 Å². The van der Waals surface area contributed by atoms with Gasteiger partial charge in [0.1, 0.15) is 11.9 Å². The van der Waals surface area contributed by atoms with E-state index in [4.69, 9.17) is 9.47 Å². The summed E-state index contributed by atoms with van der Waals surface area (Å²) in [6.45, 7) is 3.68. The maximum absolute atomic E-state index is 13.0. The lowest BCUT2D eigenvalue weighted by atomic mass is 9.86. The van der Waals surface area contributed by atoms with Gasteiger partial charge in [0.25, 0.3) is 0 Å². The number of fused-ring (bicyclic) bond motifs is 3. The lowest BCUT2D eigenvalue weighted by Crippen LogP contribution is -2.52. The molecule has 1 amide bonds. The summed E-state index contributed by atoms with van der Waals surface area (Å²) < 4.78 is 12.0. The average molecular weight is 457 g/mol. The maximum atomic E-state index is 13.0. The van der Waals surface area contributed by atoms with Crippen molar-refractivity contribution in [2.45, 2.75) is 31.4 Å². The number of nitrogens with zero attached hydrogens (tertiary/aromatic N) is 1. The van der Waals surface area contributed by atoms with E-state index >= 15 is 0 Å². The van der Waals surface area contributed by atoms with Crippen LogP contribution in [-0.4, -0.2) is 43.3 Å². The fraction of sp³-hybridized carbons (Fsp3) is 0.345. The van der Waals surface area contributed by atoms with E-state index in [9.17, 15) is 4.79 Å². The largest absolute Gasteiger partial charge is 0.493 e. The summed E-state index contributed by atoms with van der Waals surface area (Å²) in [5, 5.41) is 3.13. The second-order valence-electron chi connectivity index (χ2n) is 9.23. The smallest absolute Gasteiger partial charge is 0.408 e. The Labute approximate surface area is 201 Å². The lowest BCUT2D eigenvalue weighted by molar-refractivity contribution is -0.0336. The van der Waals surface area contributed by atoms with Crippen LogP contribution in [0.4, 0.5) is 4.79 Å². The molecule has 3 aromatic rings. The van der Waals surface area contributed by atoms with E-state index in [1.807, 2.05) is 72.8 Å². The molecule has 3 aliphatic rings. The Balaban J connectivity index is 1.27. The molecule has 3 aromatic carbocycles. The van der Waals surface area contributed by atoms with Gasteiger partial charge < -0.3 is 14.8 Å². The first-order valence-electron chi connectivity index (χ1n) is 12.3. The molecule has 176 valence electrons. The first-order chi connectivity index (χ1) is 16.7. The Morgan fingerprint density at radius 1 is 0.912 bits per heavy atom. The van der Waals surface area contributed by atoms with Crippen molar-refractivity contribution in [3.63, 3.8) is 0 Å². The topological polar surface area (TPSA) is 50.8 Å². The molecule has 5 nitrogen and oxygen atoms in total. The number of alkyl carbamates (subject to hydrolysis) is 1. The Morgan fingerprint density at radius 2 is 1.62 bits per heavy atom. The van der Waals surface area contributed by atoms with E-state index in [0.717, 1.165) is 55.8 Å². The van der Waals surface area contributed by atoms with E-state index in [0.29, 0.717) is 12.5 Å². The average Bonchev–Trinajstić information content (AvgIpc) is 2.89. The van der Waals surface area contributed by atoms with Crippen LogP contribution in [0.5, 0.6) is 5.75 Å². The summed E-state index contributed by atoms with van der Waals surface area (Å²) in [5.74, 6) is 1.27. The lowest BCUT2D eigenvalue weighted by Gasteiger charge is -2.43. The molecule has 2 bridgehead atoms. The third kappa shape index (κ3) is 5.60. The van der Waals surface area contributed by atoms with Gasteiger partial charge in [-0.15, -0.1) is 0 Å². The normalized spacial score (nSPS) is 22.1. The van der Waals surface area contributed by atoms with Crippen LogP contribution < -0.4 is 10.1 Å². The summed E-state index contributed by atoms with van der Waals surface area (Å²) >= 11 is 0. The Kier molecular flexibility index (Phi) is 7.10. The number of carbonyl (C=O) groups excluding carboxylic acids is 1. The zero-order valence-corrected chi connectivity index (χ0v) is 19.4. The van der Waals surface area contributed by atoms with Crippen molar-refractivity contribution in [1.82, 2.24) is 10.2 Å². The highest BCUT2D eigenvalue weighted by Gasteiger charge is 2.36. The molecule has 0 saturated carbocycles. The first kappa shape index (κ1) is 22.5. The minimum Gasteiger partial charge on any atom is -0.493 e. The van der Waals surface area contributed by atoms with Crippen molar-refractivity contribution in [3.05, 3.63) is 102 Å². The van der Waals surface area contributed by atoms with E-state index < -0.39 is 0 Å². The third-order valence-corrected chi connectivity index (χ3v) is 6.94. The van der Waals surface area contributed by atoms with Gasteiger partial charge in [0.15, 0.2) is 0 Å². The van der Waals surface area contributed by atoms with Gasteiger partial charge in [-0.25, -0.2) is 4.79 Å². The Hall–Kier alpha value is -3.31. The number of hydrogen-bond donors (Lipinski definition) is 1. The van der Waals surface area contributed by atoms with Crippen LogP contribution in [-0.2, 0) is 11.2 Å². The van der Waals surface area contributed by atoms with Gasteiger partial charge in [0, 0.05) is 13.0 Å². The molecular formula is C29H32N2O3. The van der Waals surface area contributed by atoms with Gasteiger partial charge in [0.05, 0.1) is 12.6 Å². The highest BCUT2D eigenvalue weighted by atomic mass is 16.6. The molecule has 2 atom stereocenters. The highest BCUT2D eigenvalue weighted by molar-refractivity contribution is 5.69. The number of hydrogen-bond acceptors (Lipinski definition) is 4. The predicted molar refractivity (Wildman–Crippen MR) is 133 cm³/mol. The van der Waals surface area contributed by atoms with Crippen molar-refractivity contribution in [2.75, 3.05) is 26.2 Å². The summed E-state index contributed by atoms with van der Waals surface area (Å²) in [5.41, 5.74) is 3.22. The van der Waals surface area contributed by atoms with Crippen LogP contribution in [0.3, 0.4) is 0 Å². The van der Waals surface area contributed by atoms with E-state index in [1.54, 1.807) is 0 Å². The fourth-order valence-corrected chi connectivity index (χ4v) is 5.05. The molecule has 0 radical (unpaired) electrons. The number of nitrogens with one attached hydrogen (secondary N) is 1. The van der Waals surface area contributed by atoms with Crippen molar-refractivity contribution in [1.29, 1.82) is 0 Å². The monoisotopic (exact) mass is 456 g/mol. The van der Waals surface area contributed by atoms with Crippen molar-refractivity contribution in [2.24, 2.45) is 5.92 Å². The molecule has 0 aromatic heterocycles. The van der Waals surface area contributed by atoms with Crippen LogP contribution in [0.2, 0.25) is 0 Å². The molecule has 3 fully saturated rings. The van der Waals surface area contributed by atoms with Gasteiger partial charge in [-0.05, 0) is 60.7 Å². The minimum atomic E-state index is -0.358. The number of rotatable bonds is 8. The molecular weight excluding hydrogens is 424 g/mol. The Bertz CT molecular complexity index is 1070. The molecule has 0 aliphatic carbocycles. The van der Waals surface area contributed by atoms with E-state index in [1.165, 1.54) is 5.56 Å².